The molecule has 2 heterocycles. The summed E-state index contributed by atoms with van der Waals surface area (Å²) in [4.78, 5) is 7.35. The van der Waals surface area contributed by atoms with Crippen LogP contribution in [0.1, 0.15) is 45.5 Å². The fraction of sp³-hybridized carbons (Fsp3) is 0.722. The molecular formula is C18H31N3. The average molecular weight is 289 g/mol. The van der Waals surface area contributed by atoms with Gasteiger partial charge in [-0.25, -0.2) is 0 Å². The maximum absolute atomic E-state index is 4.80. The summed E-state index contributed by atoms with van der Waals surface area (Å²) in [5, 5.41) is 3.47. The fourth-order valence-electron chi connectivity index (χ4n) is 2.98. The minimum Gasteiger partial charge on any atom is -0.311 e. The zero-order valence-electron chi connectivity index (χ0n) is 14.1. The van der Waals surface area contributed by atoms with Crippen molar-refractivity contribution < 1.29 is 0 Å². The number of hydrogen-bond acceptors (Lipinski definition) is 3. The van der Waals surface area contributed by atoms with Crippen LogP contribution in [0.5, 0.6) is 0 Å². The Balaban J connectivity index is 1.84. The molecule has 1 fully saturated rings. The summed E-state index contributed by atoms with van der Waals surface area (Å²) >= 11 is 0. The minimum absolute atomic E-state index is 0.686. The third-order valence-electron chi connectivity index (χ3n) is 4.36. The topological polar surface area (TPSA) is 28.2 Å². The van der Waals surface area contributed by atoms with Gasteiger partial charge in [-0.05, 0) is 49.4 Å². The molecule has 3 heteroatoms. The molecule has 0 spiro atoms. The van der Waals surface area contributed by atoms with Gasteiger partial charge in [0.2, 0.25) is 0 Å². The Labute approximate surface area is 130 Å². The van der Waals surface area contributed by atoms with Crippen molar-refractivity contribution in [2.45, 2.75) is 47.2 Å². The molecule has 1 aromatic rings. The van der Waals surface area contributed by atoms with Crippen molar-refractivity contribution in [1.82, 2.24) is 15.2 Å². The lowest BCUT2D eigenvalue weighted by molar-refractivity contribution is 0.293. The molecule has 0 amide bonds. The van der Waals surface area contributed by atoms with Gasteiger partial charge < -0.3 is 5.32 Å². The van der Waals surface area contributed by atoms with Crippen LogP contribution in [0.2, 0.25) is 0 Å². The van der Waals surface area contributed by atoms with E-state index in [0.29, 0.717) is 5.92 Å². The number of likely N-dealkylation sites (tertiary alicyclic amines) is 1. The Kier molecular flexibility index (Phi) is 6.19. The maximum atomic E-state index is 4.80. The molecule has 1 atom stereocenters. The largest absolute Gasteiger partial charge is 0.311 e. The molecule has 21 heavy (non-hydrogen) atoms. The third-order valence-corrected chi connectivity index (χ3v) is 4.36. The summed E-state index contributed by atoms with van der Waals surface area (Å²) in [5.41, 5.74) is 2.37. The van der Waals surface area contributed by atoms with Crippen LogP contribution in [0.15, 0.2) is 18.2 Å². The molecule has 1 aromatic heterocycles. The van der Waals surface area contributed by atoms with E-state index in [1.165, 1.54) is 25.2 Å². The Hall–Kier alpha value is -0.930. The van der Waals surface area contributed by atoms with Crippen LogP contribution in [0.4, 0.5) is 0 Å². The van der Waals surface area contributed by atoms with Gasteiger partial charge in [0.15, 0.2) is 0 Å². The van der Waals surface area contributed by atoms with Gasteiger partial charge in [0, 0.05) is 19.6 Å². The van der Waals surface area contributed by atoms with Crippen LogP contribution in [0, 0.1) is 17.8 Å². The second-order valence-electron chi connectivity index (χ2n) is 7.17. The van der Waals surface area contributed by atoms with E-state index in [1.807, 2.05) is 0 Å². The van der Waals surface area contributed by atoms with Crippen molar-refractivity contribution >= 4 is 0 Å². The van der Waals surface area contributed by atoms with Gasteiger partial charge in [-0.1, -0.05) is 33.8 Å². The highest BCUT2D eigenvalue weighted by atomic mass is 15.2. The molecule has 1 N–H and O–H groups in total. The monoisotopic (exact) mass is 289 g/mol. The Bertz CT molecular complexity index is 428. The van der Waals surface area contributed by atoms with Crippen LogP contribution in [-0.4, -0.2) is 29.5 Å². The van der Waals surface area contributed by atoms with E-state index in [4.69, 9.17) is 4.98 Å². The van der Waals surface area contributed by atoms with Crippen molar-refractivity contribution in [3.05, 3.63) is 29.6 Å². The number of pyridine rings is 1. The van der Waals surface area contributed by atoms with Crippen LogP contribution in [0.25, 0.3) is 0 Å². The van der Waals surface area contributed by atoms with Gasteiger partial charge >= 0.3 is 0 Å². The second-order valence-corrected chi connectivity index (χ2v) is 7.17. The third kappa shape index (κ3) is 5.40. The van der Waals surface area contributed by atoms with E-state index in [0.717, 1.165) is 37.2 Å². The summed E-state index contributed by atoms with van der Waals surface area (Å²) < 4.78 is 0. The van der Waals surface area contributed by atoms with Gasteiger partial charge in [0.05, 0.1) is 11.4 Å². The van der Waals surface area contributed by atoms with Gasteiger partial charge in [-0.3, -0.25) is 9.88 Å². The van der Waals surface area contributed by atoms with E-state index in [1.54, 1.807) is 0 Å². The summed E-state index contributed by atoms with van der Waals surface area (Å²) in [6.07, 6.45) is 1.34. The van der Waals surface area contributed by atoms with Gasteiger partial charge in [0.25, 0.3) is 0 Å². The first-order valence-electron chi connectivity index (χ1n) is 8.42. The standard InChI is InChI=1S/C18H31N3/c1-14(2)10-19-11-17-6-5-7-18(20-17)13-21-9-8-16(12-21)15(3)4/h5-7,14-16,19H,8-13H2,1-4H3. The maximum Gasteiger partial charge on any atom is 0.0547 e. The quantitative estimate of drug-likeness (QED) is 0.835. The summed E-state index contributed by atoms with van der Waals surface area (Å²) in [6.45, 7) is 14.5. The minimum atomic E-state index is 0.686. The van der Waals surface area contributed by atoms with Gasteiger partial charge in [-0.15, -0.1) is 0 Å². The van der Waals surface area contributed by atoms with Crippen molar-refractivity contribution in [2.24, 2.45) is 17.8 Å². The Morgan fingerprint density at radius 3 is 2.67 bits per heavy atom. The van der Waals surface area contributed by atoms with Crippen LogP contribution >= 0.6 is 0 Å². The molecule has 0 bridgehead atoms. The zero-order chi connectivity index (χ0) is 15.2. The van der Waals surface area contributed by atoms with E-state index < -0.39 is 0 Å². The SMILES string of the molecule is CC(C)CNCc1cccc(CN2CCC(C(C)C)C2)n1. The predicted octanol–water partition coefficient (Wildman–Crippen LogP) is 3.31. The number of rotatable bonds is 7. The number of nitrogens with one attached hydrogen (secondary N) is 1. The number of nitrogens with zero attached hydrogens (tertiary/aromatic N) is 2. The molecule has 1 unspecified atom stereocenters. The van der Waals surface area contributed by atoms with Crippen molar-refractivity contribution in [3.8, 4) is 0 Å². The van der Waals surface area contributed by atoms with Crippen LogP contribution in [-0.2, 0) is 13.1 Å². The lowest BCUT2D eigenvalue weighted by Crippen LogP contribution is -2.23. The number of aromatic nitrogens is 1. The molecule has 0 aliphatic carbocycles. The van der Waals surface area contributed by atoms with Crippen LogP contribution in [0.3, 0.4) is 0 Å². The summed E-state index contributed by atoms with van der Waals surface area (Å²) in [7, 11) is 0. The first-order chi connectivity index (χ1) is 10.0. The lowest BCUT2D eigenvalue weighted by Gasteiger charge is -2.17. The molecule has 0 radical (unpaired) electrons. The van der Waals surface area contributed by atoms with Crippen LogP contribution < -0.4 is 5.32 Å². The molecule has 3 nitrogen and oxygen atoms in total. The first-order valence-corrected chi connectivity index (χ1v) is 8.42. The van der Waals surface area contributed by atoms with E-state index in [9.17, 15) is 0 Å². The highest BCUT2D eigenvalue weighted by Crippen LogP contribution is 2.24. The predicted molar refractivity (Wildman–Crippen MR) is 89.0 cm³/mol. The Morgan fingerprint density at radius 2 is 2.00 bits per heavy atom. The molecule has 118 valence electrons. The molecule has 1 saturated heterocycles. The molecular weight excluding hydrogens is 258 g/mol. The summed E-state index contributed by atoms with van der Waals surface area (Å²) in [5.74, 6) is 2.35. The average Bonchev–Trinajstić information content (AvgIpc) is 2.87. The smallest absolute Gasteiger partial charge is 0.0547 e. The highest BCUT2D eigenvalue weighted by molar-refractivity contribution is 5.11. The van der Waals surface area contributed by atoms with Crippen molar-refractivity contribution in [2.75, 3.05) is 19.6 Å². The fourth-order valence-corrected chi connectivity index (χ4v) is 2.98. The van der Waals surface area contributed by atoms with Gasteiger partial charge in [-0.2, -0.15) is 0 Å². The van der Waals surface area contributed by atoms with E-state index >= 15 is 0 Å². The molecule has 1 aliphatic heterocycles. The van der Waals surface area contributed by atoms with Crippen molar-refractivity contribution in [1.29, 1.82) is 0 Å². The van der Waals surface area contributed by atoms with Crippen molar-refractivity contribution in [3.63, 3.8) is 0 Å². The first kappa shape index (κ1) is 16.4. The molecule has 2 rings (SSSR count). The lowest BCUT2D eigenvalue weighted by atomic mass is 9.95. The highest BCUT2D eigenvalue weighted by Gasteiger charge is 2.24. The van der Waals surface area contributed by atoms with E-state index in [-0.39, 0.29) is 0 Å². The summed E-state index contributed by atoms with van der Waals surface area (Å²) in [6, 6.07) is 6.43. The van der Waals surface area contributed by atoms with E-state index in [2.05, 4.69) is 56.1 Å². The number of hydrogen-bond donors (Lipinski definition) is 1. The zero-order valence-corrected chi connectivity index (χ0v) is 14.1. The van der Waals surface area contributed by atoms with Gasteiger partial charge in [0.1, 0.15) is 0 Å². The second kappa shape index (κ2) is 7.90. The Morgan fingerprint density at radius 1 is 1.24 bits per heavy atom. The normalized spacial score (nSPS) is 19.8. The molecule has 1 aliphatic rings. The molecule has 0 saturated carbocycles. The molecule has 0 aromatic carbocycles.